The van der Waals surface area contributed by atoms with Gasteiger partial charge in [-0.05, 0) is 24.6 Å². The van der Waals surface area contributed by atoms with Crippen molar-refractivity contribution in [3.8, 4) is 0 Å². The van der Waals surface area contributed by atoms with Gasteiger partial charge >= 0.3 is 5.97 Å². The number of amides is 1. The normalized spacial score (nSPS) is 22.6. The van der Waals surface area contributed by atoms with E-state index >= 15 is 0 Å². The minimum absolute atomic E-state index is 0.124. The van der Waals surface area contributed by atoms with E-state index in [4.69, 9.17) is 4.74 Å². The third kappa shape index (κ3) is 4.47. The van der Waals surface area contributed by atoms with Gasteiger partial charge in [-0.1, -0.05) is 13.8 Å². The number of halogens is 1. The van der Waals surface area contributed by atoms with Crippen LogP contribution in [0.2, 0.25) is 0 Å². The van der Waals surface area contributed by atoms with E-state index in [1.165, 1.54) is 36.6 Å². The standard InChI is InChI=1S/C20H26FN3O3/c1-12-8-13(2)11-24(10-12)7-6-17(25)23-18-15-9-14(21)4-5-16(15)22-19(18)20(26)27-3/h4-5,9,12-13,22H,6-8,10-11H2,1-3H3,(H,23,25)/p+1/t12-,13+. The molecular formula is C20H27FN3O3+. The van der Waals surface area contributed by atoms with E-state index in [1.54, 1.807) is 0 Å². The van der Waals surface area contributed by atoms with Crippen LogP contribution in [0.4, 0.5) is 10.1 Å². The smallest absolute Gasteiger partial charge is 0.356 e. The lowest BCUT2D eigenvalue weighted by Crippen LogP contribution is -3.14. The highest BCUT2D eigenvalue weighted by Gasteiger charge is 2.26. The maximum absolute atomic E-state index is 13.7. The molecule has 146 valence electrons. The number of anilines is 1. The molecule has 2 heterocycles. The summed E-state index contributed by atoms with van der Waals surface area (Å²) in [4.78, 5) is 28.9. The first-order chi connectivity index (χ1) is 12.9. The van der Waals surface area contributed by atoms with Gasteiger partial charge in [-0.3, -0.25) is 4.79 Å². The summed E-state index contributed by atoms with van der Waals surface area (Å²) in [7, 11) is 1.27. The van der Waals surface area contributed by atoms with Crippen LogP contribution >= 0.6 is 0 Å². The van der Waals surface area contributed by atoms with Crippen molar-refractivity contribution in [1.82, 2.24) is 4.98 Å². The molecule has 6 nitrogen and oxygen atoms in total. The second-order valence-electron chi connectivity index (χ2n) is 7.71. The summed E-state index contributed by atoms with van der Waals surface area (Å²) in [6.07, 6.45) is 1.58. The number of carbonyl (C=O) groups excluding carboxylic acids is 2. The van der Waals surface area contributed by atoms with E-state index < -0.39 is 11.8 Å². The van der Waals surface area contributed by atoms with E-state index in [0.29, 0.717) is 29.2 Å². The fraction of sp³-hybridized carbons (Fsp3) is 0.500. The van der Waals surface area contributed by atoms with Gasteiger partial charge < -0.3 is 19.9 Å². The Morgan fingerprint density at radius 3 is 2.67 bits per heavy atom. The van der Waals surface area contributed by atoms with Gasteiger partial charge in [-0.2, -0.15) is 0 Å². The van der Waals surface area contributed by atoms with Crippen LogP contribution in [0, 0.1) is 17.7 Å². The van der Waals surface area contributed by atoms with E-state index in [1.807, 2.05) is 0 Å². The summed E-state index contributed by atoms with van der Waals surface area (Å²) < 4.78 is 18.4. The number of fused-ring (bicyclic) bond motifs is 1. The molecule has 0 radical (unpaired) electrons. The number of ether oxygens (including phenoxy) is 1. The number of rotatable bonds is 5. The lowest BCUT2D eigenvalue weighted by molar-refractivity contribution is -0.911. The molecule has 1 unspecified atom stereocenters. The van der Waals surface area contributed by atoms with Gasteiger partial charge in [-0.25, -0.2) is 9.18 Å². The predicted molar refractivity (Wildman–Crippen MR) is 101 cm³/mol. The van der Waals surface area contributed by atoms with Crippen molar-refractivity contribution < 1.29 is 23.6 Å². The molecule has 0 saturated carbocycles. The molecule has 1 aromatic carbocycles. The van der Waals surface area contributed by atoms with Gasteiger partial charge in [0.1, 0.15) is 11.5 Å². The van der Waals surface area contributed by atoms with Gasteiger partial charge in [0.2, 0.25) is 5.91 Å². The zero-order valence-corrected chi connectivity index (χ0v) is 16.0. The maximum Gasteiger partial charge on any atom is 0.356 e. The number of piperidine rings is 1. The average molecular weight is 376 g/mol. The number of likely N-dealkylation sites (tertiary alicyclic amines) is 1. The SMILES string of the molecule is COC(=O)c1[nH]c2ccc(F)cc2c1NC(=O)CC[NH+]1C[C@H](C)C[C@H](C)C1. The van der Waals surface area contributed by atoms with Crippen LogP contribution in [-0.2, 0) is 9.53 Å². The number of nitrogens with one attached hydrogen (secondary N) is 3. The molecule has 0 spiro atoms. The van der Waals surface area contributed by atoms with E-state index in [0.717, 1.165) is 19.6 Å². The summed E-state index contributed by atoms with van der Waals surface area (Å²) in [5.41, 5.74) is 0.965. The maximum atomic E-state index is 13.7. The van der Waals surface area contributed by atoms with Crippen molar-refractivity contribution in [3.63, 3.8) is 0 Å². The number of quaternary nitrogens is 1. The van der Waals surface area contributed by atoms with Crippen molar-refractivity contribution in [2.24, 2.45) is 11.8 Å². The second-order valence-corrected chi connectivity index (χ2v) is 7.71. The van der Waals surface area contributed by atoms with E-state index in [2.05, 4.69) is 24.1 Å². The topological polar surface area (TPSA) is 75.6 Å². The molecule has 1 aliphatic rings. The Morgan fingerprint density at radius 2 is 2.00 bits per heavy atom. The molecule has 27 heavy (non-hydrogen) atoms. The van der Waals surface area contributed by atoms with Crippen molar-refractivity contribution in [3.05, 3.63) is 29.7 Å². The number of methoxy groups -OCH3 is 1. The van der Waals surface area contributed by atoms with Gasteiger partial charge in [0.25, 0.3) is 0 Å². The van der Waals surface area contributed by atoms with Crippen LogP contribution in [0.25, 0.3) is 10.9 Å². The monoisotopic (exact) mass is 376 g/mol. The van der Waals surface area contributed by atoms with Crippen LogP contribution in [0.3, 0.4) is 0 Å². The highest BCUT2D eigenvalue weighted by atomic mass is 19.1. The number of benzene rings is 1. The molecule has 0 aliphatic carbocycles. The minimum atomic E-state index is -0.605. The number of aromatic amines is 1. The van der Waals surface area contributed by atoms with E-state index in [9.17, 15) is 14.0 Å². The molecule has 7 heteroatoms. The fourth-order valence-corrected chi connectivity index (χ4v) is 4.17. The first-order valence-electron chi connectivity index (χ1n) is 9.40. The Kier molecular flexibility index (Phi) is 5.79. The molecule has 1 aliphatic heterocycles. The van der Waals surface area contributed by atoms with Crippen molar-refractivity contribution in [1.29, 1.82) is 0 Å². The largest absolute Gasteiger partial charge is 0.464 e. The number of esters is 1. The molecule has 1 amide bonds. The third-order valence-electron chi connectivity index (χ3n) is 5.20. The molecule has 1 aromatic heterocycles. The Hall–Kier alpha value is -2.41. The van der Waals surface area contributed by atoms with Gasteiger partial charge in [-0.15, -0.1) is 0 Å². The third-order valence-corrected chi connectivity index (χ3v) is 5.20. The zero-order valence-electron chi connectivity index (χ0n) is 16.0. The number of carbonyl (C=O) groups is 2. The first kappa shape index (κ1) is 19.4. The van der Waals surface area contributed by atoms with Crippen molar-refractivity contribution in [2.45, 2.75) is 26.7 Å². The predicted octanol–water partition coefficient (Wildman–Crippen LogP) is 1.98. The summed E-state index contributed by atoms with van der Waals surface area (Å²) in [6, 6.07) is 4.13. The highest BCUT2D eigenvalue weighted by molar-refractivity contribution is 6.10. The first-order valence-corrected chi connectivity index (χ1v) is 9.40. The molecule has 3 atom stereocenters. The van der Waals surface area contributed by atoms with Gasteiger partial charge in [0.05, 0.1) is 38.9 Å². The van der Waals surface area contributed by atoms with Crippen LogP contribution in [0.15, 0.2) is 18.2 Å². The quantitative estimate of drug-likeness (QED) is 0.699. The lowest BCUT2D eigenvalue weighted by atomic mass is 9.92. The number of hydrogen-bond acceptors (Lipinski definition) is 3. The van der Waals surface area contributed by atoms with Crippen LogP contribution in [0.5, 0.6) is 0 Å². The number of H-pyrrole nitrogens is 1. The fourth-order valence-electron chi connectivity index (χ4n) is 4.17. The summed E-state index contributed by atoms with van der Waals surface area (Å²) in [6.45, 7) is 7.38. The average Bonchev–Trinajstić information content (AvgIpc) is 2.96. The van der Waals surface area contributed by atoms with Crippen LogP contribution < -0.4 is 10.2 Å². The summed E-state index contributed by atoms with van der Waals surface area (Å²) in [5.74, 6) is 0.0905. The van der Waals surface area contributed by atoms with Crippen LogP contribution in [-0.4, -0.2) is 43.6 Å². The summed E-state index contributed by atoms with van der Waals surface area (Å²) in [5, 5.41) is 3.24. The Morgan fingerprint density at radius 1 is 1.30 bits per heavy atom. The lowest BCUT2D eigenvalue weighted by Gasteiger charge is -2.31. The molecule has 3 rings (SSSR count). The molecular weight excluding hydrogens is 349 g/mol. The van der Waals surface area contributed by atoms with Crippen molar-refractivity contribution in [2.75, 3.05) is 32.1 Å². The molecule has 2 aromatic rings. The van der Waals surface area contributed by atoms with Gasteiger partial charge in [0, 0.05) is 22.7 Å². The van der Waals surface area contributed by atoms with E-state index in [-0.39, 0.29) is 17.3 Å². The van der Waals surface area contributed by atoms with Crippen molar-refractivity contribution >= 4 is 28.5 Å². The second kappa shape index (κ2) is 8.08. The zero-order chi connectivity index (χ0) is 19.6. The molecule has 0 bridgehead atoms. The van der Waals surface area contributed by atoms with Crippen LogP contribution in [0.1, 0.15) is 37.2 Å². The molecule has 1 fully saturated rings. The Labute approximate surface area is 158 Å². The minimum Gasteiger partial charge on any atom is -0.464 e. The van der Waals surface area contributed by atoms with Gasteiger partial charge in [0.15, 0.2) is 0 Å². The molecule has 3 N–H and O–H groups in total. The number of aromatic nitrogens is 1. The Balaban J connectivity index is 1.74. The summed E-state index contributed by atoms with van der Waals surface area (Å²) >= 11 is 0. The molecule has 1 saturated heterocycles. The number of hydrogen-bond donors (Lipinski definition) is 3. The highest BCUT2D eigenvalue weighted by Crippen LogP contribution is 2.29. The Bertz CT molecular complexity index is 838.